The zero-order chi connectivity index (χ0) is 19.5. The molecule has 0 bridgehead atoms. The first kappa shape index (κ1) is 20.3. The van der Waals surface area contributed by atoms with Crippen LogP contribution < -0.4 is 5.32 Å². The third-order valence-corrected chi connectivity index (χ3v) is 4.12. The van der Waals surface area contributed by atoms with Crippen LogP contribution in [-0.4, -0.2) is 37.5 Å². The molecule has 1 saturated heterocycles. The van der Waals surface area contributed by atoms with Gasteiger partial charge in [-0.1, -0.05) is 0 Å². The van der Waals surface area contributed by atoms with E-state index < -0.39 is 29.4 Å². The highest BCUT2D eigenvalue weighted by Gasteiger charge is 2.36. The van der Waals surface area contributed by atoms with Crippen molar-refractivity contribution in [2.45, 2.75) is 18.8 Å². The van der Waals surface area contributed by atoms with Crippen LogP contribution >= 0.6 is 0 Å². The maximum Gasteiger partial charge on any atom is 0.416 e. The number of alkyl halides is 6. The number of nitrogens with zero attached hydrogens (tertiary/aromatic N) is 1. The van der Waals surface area contributed by atoms with E-state index in [9.17, 15) is 31.1 Å². The average molecular weight is 380 g/mol. The summed E-state index contributed by atoms with van der Waals surface area (Å²) in [4.78, 5) is 13.6. The molecule has 1 aromatic rings. The number of nitrogens with one attached hydrogen (secondary N) is 1. The number of benzene rings is 1. The second kappa shape index (κ2) is 7.69. The summed E-state index contributed by atoms with van der Waals surface area (Å²) >= 11 is 0. The molecule has 1 heterocycles. The second-order valence-corrected chi connectivity index (χ2v) is 6.17. The van der Waals surface area contributed by atoms with Gasteiger partial charge in [0.2, 0.25) is 5.91 Å². The number of likely N-dealkylation sites (tertiary alicyclic amines) is 1. The van der Waals surface area contributed by atoms with Gasteiger partial charge in [0.15, 0.2) is 0 Å². The van der Waals surface area contributed by atoms with E-state index in [1.807, 2.05) is 0 Å². The zero-order valence-electron chi connectivity index (χ0n) is 13.9. The first-order valence-electron chi connectivity index (χ1n) is 7.92. The molecule has 1 aliphatic heterocycles. The summed E-state index contributed by atoms with van der Waals surface area (Å²) in [5.74, 6) is -0.155. The number of carbonyl (C=O) groups excluding carboxylic acids is 1. The third-order valence-electron chi connectivity index (χ3n) is 4.12. The van der Waals surface area contributed by atoms with E-state index in [1.165, 1.54) is 4.90 Å². The summed E-state index contributed by atoms with van der Waals surface area (Å²) in [5.41, 5.74) is -3.14. The Hall–Kier alpha value is -2.03. The van der Waals surface area contributed by atoms with E-state index in [0.717, 1.165) is 25.1 Å². The van der Waals surface area contributed by atoms with E-state index in [4.69, 9.17) is 0 Å². The fourth-order valence-electron chi connectivity index (χ4n) is 2.84. The van der Waals surface area contributed by atoms with Crippen molar-refractivity contribution in [3.05, 3.63) is 41.0 Å². The van der Waals surface area contributed by atoms with Crippen LogP contribution in [0.25, 0.3) is 6.08 Å². The number of carbonyl (C=O) groups is 1. The molecule has 144 valence electrons. The Morgan fingerprint density at radius 1 is 1.15 bits per heavy atom. The largest absolute Gasteiger partial charge is 0.416 e. The predicted octanol–water partition coefficient (Wildman–Crippen LogP) is 3.81. The van der Waals surface area contributed by atoms with Gasteiger partial charge in [0.05, 0.1) is 11.1 Å². The summed E-state index contributed by atoms with van der Waals surface area (Å²) in [6.07, 6.45) is -7.04. The molecule has 0 spiro atoms. The van der Waals surface area contributed by atoms with Crippen molar-refractivity contribution in [2.75, 3.05) is 26.7 Å². The first-order valence-corrected chi connectivity index (χ1v) is 7.92. The molecule has 0 aromatic heterocycles. The van der Waals surface area contributed by atoms with Crippen molar-refractivity contribution < 1.29 is 31.1 Å². The van der Waals surface area contributed by atoms with Gasteiger partial charge in [-0.25, -0.2) is 0 Å². The summed E-state index contributed by atoms with van der Waals surface area (Å²) in [7, 11) is 1.79. The molecule has 3 nitrogen and oxygen atoms in total. The highest BCUT2D eigenvalue weighted by Crippen LogP contribution is 2.36. The SMILES string of the molecule is CNCC1CCN(C(=O)C=Cc2cc(C(F)(F)F)cc(C(F)(F)F)c2)C1. The van der Waals surface area contributed by atoms with E-state index in [0.29, 0.717) is 25.2 Å². The molecule has 26 heavy (non-hydrogen) atoms. The number of hydrogen-bond donors (Lipinski definition) is 1. The lowest BCUT2D eigenvalue weighted by Crippen LogP contribution is -2.28. The smallest absolute Gasteiger partial charge is 0.339 e. The molecule has 9 heteroatoms. The minimum Gasteiger partial charge on any atom is -0.339 e. The Balaban J connectivity index is 2.20. The van der Waals surface area contributed by atoms with Crippen LogP contribution in [0.1, 0.15) is 23.1 Å². The zero-order valence-corrected chi connectivity index (χ0v) is 13.9. The summed E-state index contributed by atoms with van der Waals surface area (Å²) in [5, 5.41) is 3.00. The van der Waals surface area contributed by atoms with E-state index in [2.05, 4.69) is 5.32 Å². The highest BCUT2D eigenvalue weighted by molar-refractivity contribution is 5.92. The van der Waals surface area contributed by atoms with E-state index in [1.54, 1.807) is 7.05 Å². The topological polar surface area (TPSA) is 32.3 Å². The summed E-state index contributed by atoms with van der Waals surface area (Å²) < 4.78 is 76.9. The fourth-order valence-corrected chi connectivity index (χ4v) is 2.84. The molecule has 2 rings (SSSR count). The number of hydrogen-bond acceptors (Lipinski definition) is 2. The summed E-state index contributed by atoms with van der Waals surface area (Å²) in [6, 6.07) is 1.24. The molecule has 0 saturated carbocycles. The summed E-state index contributed by atoms with van der Waals surface area (Å²) in [6.45, 7) is 1.74. The molecule has 1 atom stereocenters. The lowest BCUT2D eigenvalue weighted by Gasteiger charge is -2.15. The molecule has 0 radical (unpaired) electrons. The molecular weight excluding hydrogens is 362 g/mol. The maximum absolute atomic E-state index is 12.8. The Bertz CT molecular complexity index is 649. The molecule has 1 N–H and O–H groups in total. The molecule has 1 fully saturated rings. The standard InChI is InChI=1S/C17H18F6N2O/c1-24-9-12-4-5-25(10-12)15(26)3-2-11-6-13(16(18,19)20)8-14(7-11)17(21,22)23/h2-3,6-8,12,24H,4-5,9-10H2,1H3. The van der Waals surface area contributed by atoms with Crippen molar-refractivity contribution in [1.82, 2.24) is 10.2 Å². The normalized spacial score (nSPS) is 18.7. The number of halogens is 6. The molecule has 1 unspecified atom stereocenters. The Labute approximate surface area is 146 Å². The van der Waals surface area contributed by atoms with Crippen LogP contribution in [-0.2, 0) is 17.1 Å². The van der Waals surface area contributed by atoms with Gasteiger partial charge in [-0.15, -0.1) is 0 Å². The van der Waals surface area contributed by atoms with Crippen LogP contribution in [0.4, 0.5) is 26.3 Å². The average Bonchev–Trinajstić information content (AvgIpc) is 3.00. The lowest BCUT2D eigenvalue weighted by atomic mass is 10.0. The van der Waals surface area contributed by atoms with Gasteiger partial charge in [-0.05, 0) is 55.8 Å². The highest BCUT2D eigenvalue weighted by atomic mass is 19.4. The van der Waals surface area contributed by atoms with Gasteiger partial charge in [0.1, 0.15) is 0 Å². The molecule has 1 aromatic carbocycles. The van der Waals surface area contributed by atoms with Gasteiger partial charge < -0.3 is 10.2 Å². The van der Waals surface area contributed by atoms with Crippen LogP contribution in [0.2, 0.25) is 0 Å². The maximum atomic E-state index is 12.8. The third kappa shape index (κ3) is 5.23. The van der Waals surface area contributed by atoms with Gasteiger partial charge in [0, 0.05) is 19.2 Å². The molecular formula is C17H18F6N2O. The Morgan fingerprint density at radius 3 is 2.23 bits per heavy atom. The van der Waals surface area contributed by atoms with Crippen molar-refractivity contribution in [3.8, 4) is 0 Å². The monoisotopic (exact) mass is 380 g/mol. The van der Waals surface area contributed by atoms with Crippen molar-refractivity contribution >= 4 is 12.0 Å². The minimum absolute atomic E-state index is 0.0575. The van der Waals surface area contributed by atoms with Crippen molar-refractivity contribution in [1.29, 1.82) is 0 Å². The van der Waals surface area contributed by atoms with E-state index >= 15 is 0 Å². The fraction of sp³-hybridized carbons (Fsp3) is 0.471. The van der Waals surface area contributed by atoms with Crippen LogP contribution in [0.5, 0.6) is 0 Å². The van der Waals surface area contributed by atoms with Gasteiger partial charge >= 0.3 is 12.4 Å². The predicted molar refractivity (Wildman–Crippen MR) is 84.1 cm³/mol. The van der Waals surface area contributed by atoms with Gasteiger partial charge in [-0.3, -0.25) is 4.79 Å². The van der Waals surface area contributed by atoms with Crippen LogP contribution in [0.3, 0.4) is 0 Å². The van der Waals surface area contributed by atoms with Gasteiger partial charge in [0.25, 0.3) is 0 Å². The van der Waals surface area contributed by atoms with Crippen LogP contribution in [0, 0.1) is 5.92 Å². The van der Waals surface area contributed by atoms with Crippen molar-refractivity contribution in [2.24, 2.45) is 5.92 Å². The lowest BCUT2D eigenvalue weighted by molar-refractivity contribution is -0.143. The van der Waals surface area contributed by atoms with E-state index in [-0.39, 0.29) is 17.5 Å². The number of amides is 1. The Kier molecular flexibility index (Phi) is 6.00. The molecule has 0 aliphatic carbocycles. The number of rotatable bonds is 4. The van der Waals surface area contributed by atoms with Crippen molar-refractivity contribution in [3.63, 3.8) is 0 Å². The quantitative estimate of drug-likeness (QED) is 0.637. The minimum atomic E-state index is -4.91. The second-order valence-electron chi connectivity index (χ2n) is 6.17. The van der Waals surface area contributed by atoms with Crippen LogP contribution in [0.15, 0.2) is 24.3 Å². The Morgan fingerprint density at radius 2 is 1.73 bits per heavy atom. The first-order chi connectivity index (χ1) is 12.0. The molecule has 1 aliphatic rings. The molecule has 1 amide bonds. The van der Waals surface area contributed by atoms with Gasteiger partial charge in [-0.2, -0.15) is 26.3 Å².